The van der Waals surface area contributed by atoms with Gasteiger partial charge in [-0.3, -0.25) is 0 Å². The average molecular weight is 399 g/mol. The molecule has 0 amide bonds. The van der Waals surface area contributed by atoms with Gasteiger partial charge in [0, 0.05) is 0 Å². The van der Waals surface area contributed by atoms with E-state index in [9.17, 15) is 0 Å². The standard InChI is InChI=1S/C26H54O2/c1-9-11-12-13-14-15-16-17-18-19-20-21-24(28-26(6,7)8)22-23(10-2)27-25(3,4)5/h23-24H,9-22H2,1-8H3. The van der Waals surface area contributed by atoms with Gasteiger partial charge in [0.25, 0.3) is 0 Å². The Morgan fingerprint density at radius 1 is 0.536 bits per heavy atom. The molecule has 0 heterocycles. The molecule has 0 aliphatic rings. The summed E-state index contributed by atoms with van der Waals surface area (Å²) < 4.78 is 12.7. The summed E-state index contributed by atoms with van der Waals surface area (Å²) in [5.74, 6) is 0. The first-order valence-corrected chi connectivity index (χ1v) is 12.4. The lowest BCUT2D eigenvalue weighted by Crippen LogP contribution is -2.34. The first-order valence-electron chi connectivity index (χ1n) is 12.4. The van der Waals surface area contributed by atoms with Gasteiger partial charge in [-0.05, 0) is 60.8 Å². The van der Waals surface area contributed by atoms with Gasteiger partial charge in [0.05, 0.1) is 23.4 Å². The number of hydrogen-bond donors (Lipinski definition) is 0. The Morgan fingerprint density at radius 2 is 0.929 bits per heavy atom. The topological polar surface area (TPSA) is 18.5 Å². The third-order valence-electron chi connectivity index (χ3n) is 5.15. The average Bonchev–Trinajstić information content (AvgIpc) is 2.56. The Balaban J connectivity index is 4.06. The van der Waals surface area contributed by atoms with E-state index in [2.05, 4.69) is 55.4 Å². The summed E-state index contributed by atoms with van der Waals surface area (Å²) in [7, 11) is 0. The van der Waals surface area contributed by atoms with Crippen LogP contribution in [-0.4, -0.2) is 23.4 Å². The molecular weight excluding hydrogens is 344 g/mol. The number of hydrogen-bond acceptors (Lipinski definition) is 2. The zero-order chi connectivity index (χ0) is 21.5. The van der Waals surface area contributed by atoms with Crippen LogP contribution in [0.25, 0.3) is 0 Å². The normalized spacial score (nSPS) is 15.0. The van der Waals surface area contributed by atoms with Crippen molar-refractivity contribution in [3.05, 3.63) is 0 Å². The number of rotatable bonds is 17. The van der Waals surface area contributed by atoms with Crippen molar-refractivity contribution in [3.8, 4) is 0 Å². The van der Waals surface area contributed by atoms with Gasteiger partial charge in [0.15, 0.2) is 0 Å². The van der Waals surface area contributed by atoms with Crippen LogP contribution in [-0.2, 0) is 9.47 Å². The second-order valence-electron chi connectivity index (χ2n) is 10.7. The van der Waals surface area contributed by atoms with E-state index in [0.29, 0.717) is 12.2 Å². The second-order valence-corrected chi connectivity index (χ2v) is 10.7. The molecule has 0 saturated heterocycles. The van der Waals surface area contributed by atoms with Crippen LogP contribution in [0.3, 0.4) is 0 Å². The van der Waals surface area contributed by atoms with Crippen molar-refractivity contribution in [2.45, 2.75) is 169 Å². The molecule has 0 saturated carbocycles. The first-order chi connectivity index (χ1) is 13.1. The fourth-order valence-corrected chi connectivity index (χ4v) is 3.85. The highest BCUT2D eigenvalue weighted by Crippen LogP contribution is 2.24. The maximum atomic E-state index is 6.40. The largest absolute Gasteiger partial charge is 0.373 e. The van der Waals surface area contributed by atoms with Crippen molar-refractivity contribution in [1.82, 2.24) is 0 Å². The van der Waals surface area contributed by atoms with Crippen LogP contribution < -0.4 is 0 Å². The van der Waals surface area contributed by atoms with E-state index in [0.717, 1.165) is 19.3 Å². The zero-order valence-electron chi connectivity index (χ0n) is 20.9. The summed E-state index contributed by atoms with van der Waals surface area (Å²) in [4.78, 5) is 0. The van der Waals surface area contributed by atoms with Crippen LogP contribution in [0.4, 0.5) is 0 Å². The summed E-state index contributed by atoms with van der Waals surface area (Å²) >= 11 is 0. The van der Waals surface area contributed by atoms with Gasteiger partial charge in [0.1, 0.15) is 0 Å². The molecule has 0 aliphatic carbocycles. The van der Waals surface area contributed by atoms with Crippen molar-refractivity contribution in [3.63, 3.8) is 0 Å². The van der Waals surface area contributed by atoms with Crippen LogP contribution in [0.2, 0.25) is 0 Å². The second kappa shape index (κ2) is 15.7. The van der Waals surface area contributed by atoms with E-state index in [1.165, 1.54) is 70.6 Å². The fourth-order valence-electron chi connectivity index (χ4n) is 3.85. The smallest absolute Gasteiger partial charge is 0.0607 e. The third-order valence-corrected chi connectivity index (χ3v) is 5.15. The SMILES string of the molecule is CCCCCCCCCCCCCC(CC(CC)OC(C)(C)C)OC(C)(C)C. The van der Waals surface area contributed by atoms with Gasteiger partial charge in [-0.2, -0.15) is 0 Å². The zero-order valence-corrected chi connectivity index (χ0v) is 20.9. The molecule has 28 heavy (non-hydrogen) atoms. The lowest BCUT2D eigenvalue weighted by Gasteiger charge is -2.33. The van der Waals surface area contributed by atoms with E-state index < -0.39 is 0 Å². The number of ether oxygens (including phenoxy) is 2. The van der Waals surface area contributed by atoms with Gasteiger partial charge < -0.3 is 9.47 Å². The lowest BCUT2D eigenvalue weighted by molar-refractivity contribution is -0.115. The maximum Gasteiger partial charge on any atom is 0.0607 e. The molecule has 0 N–H and O–H groups in total. The van der Waals surface area contributed by atoms with Crippen molar-refractivity contribution >= 4 is 0 Å². The molecule has 0 aromatic rings. The molecule has 0 rings (SSSR count). The van der Waals surface area contributed by atoms with Crippen molar-refractivity contribution < 1.29 is 9.47 Å². The minimum absolute atomic E-state index is 0.0799. The summed E-state index contributed by atoms with van der Waals surface area (Å²) in [6, 6.07) is 0. The molecule has 0 aliphatic heterocycles. The van der Waals surface area contributed by atoms with Crippen molar-refractivity contribution in [2.75, 3.05) is 0 Å². The highest BCUT2D eigenvalue weighted by molar-refractivity contribution is 4.73. The summed E-state index contributed by atoms with van der Waals surface area (Å²) in [5, 5.41) is 0. The molecule has 0 spiro atoms. The summed E-state index contributed by atoms with van der Waals surface area (Å²) in [6.07, 6.45) is 19.2. The van der Waals surface area contributed by atoms with Gasteiger partial charge in [-0.1, -0.05) is 84.5 Å². The van der Waals surface area contributed by atoms with Crippen LogP contribution in [0.5, 0.6) is 0 Å². The molecule has 0 fully saturated rings. The summed E-state index contributed by atoms with van der Waals surface area (Å²) in [6.45, 7) is 17.5. The van der Waals surface area contributed by atoms with E-state index in [1.54, 1.807) is 0 Å². The van der Waals surface area contributed by atoms with E-state index in [4.69, 9.17) is 9.47 Å². The van der Waals surface area contributed by atoms with Gasteiger partial charge in [0.2, 0.25) is 0 Å². The Morgan fingerprint density at radius 3 is 1.32 bits per heavy atom. The Hall–Kier alpha value is -0.0800. The van der Waals surface area contributed by atoms with Crippen molar-refractivity contribution in [2.24, 2.45) is 0 Å². The quantitative estimate of drug-likeness (QED) is 0.228. The maximum absolute atomic E-state index is 6.40. The highest BCUT2D eigenvalue weighted by Gasteiger charge is 2.24. The Kier molecular flexibility index (Phi) is 15.7. The lowest BCUT2D eigenvalue weighted by atomic mass is 10.00. The van der Waals surface area contributed by atoms with Crippen LogP contribution >= 0.6 is 0 Å². The molecule has 2 heteroatoms. The molecule has 0 radical (unpaired) electrons. The molecule has 170 valence electrons. The molecule has 0 bridgehead atoms. The van der Waals surface area contributed by atoms with Crippen LogP contribution in [0.15, 0.2) is 0 Å². The van der Waals surface area contributed by atoms with E-state index >= 15 is 0 Å². The third kappa shape index (κ3) is 19.2. The molecular formula is C26H54O2. The minimum Gasteiger partial charge on any atom is -0.373 e. The van der Waals surface area contributed by atoms with Crippen LogP contribution in [0, 0.1) is 0 Å². The monoisotopic (exact) mass is 398 g/mol. The van der Waals surface area contributed by atoms with Gasteiger partial charge in [-0.25, -0.2) is 0 Å². The number of unbranched alkanes of at least 4 members (excludes halogenated alkanes) is 10. The van der Waals surface area contributed by atoms with E-state index in [-0.39, 0.29) is 11.2 Å². The molecule has 2 atom stereocenters. The Labute approximate surface area is 178 Å². The van der Waals surface area contributed by atoms with Crippen LogP contribution in [0.1, 0.15) is 145 Å². The molecule has 0 aromatic heterocycles. The Bertz CT molecular complexity index is 337. The molecule has 0 aromatic carbocycles. The predicted molar refractivity (Wildman–Crippen MR) is 125 cm³/mol. The van der Waals surface area contributed by atoms with Gasteiger partial charge in [-0.15, -0.1) is 0 Å². The molecule has 2 unspecified atom stereocenters. The minimum atomic E-state index is -0.0809. The van der Waals surface area contributed by atoms with Gasteiger partial charge >= 0.3 is 0 Å². The predicted octanol–water partition coefficient (Wildman–Crippen LogP) is 8.86. The summed E-state index contributed by atoms with van der Waals surface area (Å²) in [5.41, 5.74) is -0.161. The highest BCUT2D eigenvalue weighted by atomic mass is 16.5. The van der Waals surface area contributed by atoms with E-state index in [1.807, 2.05) is 0 Å². The fraction of sp³-hybridized carbons (Fsp3) is 1.00. The molecule has 2 nitrogen and oxygen atoms in total. The van der Waals surface area contributed by atoms with Crippen molar-refractivity contribution in [1.29, 1.82) is 0 Å². The first kappa shape index (κ1) is 27.9.